The highest BCUT2D eigenvalue weighted by Crippen LogP contribution is 2.48. The number of imidazole rings is 1. The molecule has 0 radical (unpaired) electrons. The summed E-state index contributed by atoms with van der Waals surface area (Å²) in [6.45, 7) is 6.70. The van der Waals surface area contributed by atoms with Gasteiger partial charge in [-0.05, 0) is 39.3 Å². The average molecular weight is 627 g/mol. The van der Waals surface area contributed by atoms with Gasteiger partial charge in [-0.1, -0.05) is 46.7 Å². The van der Waals surface area contributed by atoms with Gasteiger partial charge in [0.2, 0.25) is 0 Å². The molecule has 3 heterocycles. The quantitative estimate of drug-likeness (QED) is 0.102. The molecule has 4 rings (SSSR count). The van der Waals surface area contributed by atoms with E-state index in [0.29, 0.717) is 11.2 Å². The highest BCUT2D eigenvalue weighted by molar-refractivity contribution is 8.77. The van der Waals surface area contributed by atoms with E-state index >= 15 is 0 Å². The van der Waals surface area contributed by atoms with E-state index in [9.17, 15) is 14.5 Å². The zero-order valence-corrected chi connectivity index (χ0v) is 25.7. The summed E-state index contributed by atoms with van der Waals surface area (Å²) >= 11 is 0. The molecule has 1 saturated heterocycles. The van der Waals surface area contributed by atoms with Crippen LogP contribution in [-0.2, 0) is 23.4 Å². The van der Waals surface area contributed by atoms with Gasteiger partial charge in [0, 0.05) is 5.75 Å². The molecule has 0 spiro atoms. The van der Waals surface area contributed by atoms with Gasteiger partial charge in [-0.3, -0.25) is 13.9 Å². The van der Waals surface area contributed by atoms with Gasteiger partial charge < -0.3 is 24.8 Å². The summed E-state index contributed by atoms with van der Waals surface area (Å²) in [4.78, 5) is 25.1. The van der Waals surface area contributed by atoms with Gasteiger partial charge in [0.15, 0.2) is 17.7 Å². The number of benzene rings is 1. The van der Waals surface area contributed by atoms with Crippen molar-refractivity contribution in [3.05, 3.63) is 43.0 Å². The Kier molecular flexibility index (Phi) is 10.9. The Morgan fingerprint density at radius 2 is 2.00 bits per heavy atom. The topological polar surface area (TPSA) is 173 Å². The number of rotatable bonds is 14. The summed E-state index contributed by atoms with van der Waals surface area (Å²) in [5.74, 6) is 0.753. The van der Waals surface area contributed by atoms with E-state index < -0.39 is 43.4 Å². The first-order valence-electron chi connectivity index (χ1n) is 13.1. The minimum Gasteiger partial charge on any atom is -0.462 e. The van der Waals surface area contributed by atoms with Crippen molar-refractivity contribution in [2.24, 2.45) is 0 Å². The lowest BCUT2D eigenvalue weighted by Crippen LogP contribution is -2.37. The maximum absolute atomic E-state index is 13.9. The van der Waals surface area contributed by atoms with Gasteiger partial charge in [-0.25, -0.2) is 19.5 Å². The van der Waals surface area contributed by atoms with E-state index in [1.807, 2.05) is 0 Å². The molecular formula is C25H35N6O7PS2. The van der Waals surface area contributed by atoms with Crippen LogP contribution in [0.2, 0.25) is 0 Å². The molecule has 2 aromatic heterocycles. The van der Waals surface area contributed by atoms with E-state index in [0.717, 1.165) is 12.2 Å². The molecule has 1 aliphatic heterocycles. The second-order valence-electron chi connectivity index (χ2n) is 9.56. The first-order chi connectivity index (χ1) is 19.6. The van der Waals surface area contributed by atoms with Crippen LogP contribution >= 0.6 is 29.3 Å². The second-order valence-corrected chi connectivity index (χ2v) is 13.9. The molecule has 16 heteroatoms. The van der Waals surface area contributed by atoms with Crippen molar-refractivity contribution in [2.75, 3.05) is 18.1 Å². The number of hydrogen-bond donors (Lipinski definition) is 3. The summed E-state index contributed by atoms with van der Waals surface area (Å²) in [7, 11) is -1.06. The van der Waals surface area contributed by atoms with Crippen LogP contribution in [-0.4, -0.2) is 72.6 Å². The number of ether oxygens (including phenoxy) is 2. The fourth-order valence-corrected chi connectivity index (χ4v) is 8.34. The largest absolute Gasteiger partial charge is 0.462 e. The normalized spacial score (nSPS) is 23.0. The van der Waals surface area contributed by atoms with Crippen LogP contribution in [0.15, 0.2) is 43.0 Å². The molecule has 6 atom stereocenters. The van der Waals surface area contributed by atoms with E-state index in [1.165, 1.54) is 24.0 Å². The molecule has 13 nitrogen and oxygen atoms in total. The molecule has 41 heavy (non-hydrogen) atoms. The Bertz CT molecular complexity index is 1350. The third kappa shape index (κ3) is 7.92. The zero-order valence-electron chi connectivity index (χ0n) is 23.2. The highest BCUT2D eigenvalue weighted by Gasteiger charge is 2.47. The summed E-state index contributed by atoms with van der Waals surface area (Å²) in [5.41, 5.74) is 6.85. The maximum atomic E-state index is 13.9. The Morgan fingerprint density at radius 1 is 1.24 bits per heavy atom. The number of hydrogen-bond acceptors (Lipinski definition) is 13. The number of nitrogens with zero attached hydrogens (tertiary/aromatic N) is 4. The number of aliphatic hydroxyl groups is 1. The number of carbonyl (C=O) groups is 1. The number of nitrogens with one attached hydrogen (secondary N) is 1. The van der Waals surface area contributed by atoms with Crippen molar-refractivity contribution < 1.29 is 33.0 Å². The lowest BCUT2D eigenvalue weighted by molar-refractivity contribution is -0.149. The Hall–Kier alpha value is -2.39. The van der Waals surface area contributed by atoms with Crippen molar-refractivity contribution in [1.82, 2.24) is 24.6 Å². The molecule has 0 bridgehead atoms. The molecule has 224 valence electrons. The molecule has 1 aliphatic rings. The van der Waals surface area contributed by atoms with Gasteiger partial charge in [-0.15, -0.1) is 0 Å². The highest BCUT2D eigenvalue weighted by atomic mass is 33.1. The molecule has 1 fully saturated rings. The first kappa shape index (κ1) is 31.5. The van der Waals surface area contributed by atoms with Crippen molar-refractivity contribution >= 4 is 52.3 Å². The molecule has 0 aliphatic carbocycles. The van der Waals surface area contributed by atoms with Crippen LogP contribution in [0.1, 0.15) is 40.3 Å². The van der Waals surface area contributed by atoms with Crippen LogP contribution in [0, 0.1) is 0 Å². The van der Waals surface area contributed by atoms with Gasteiger partial charge in [0.1, 0.15) is 29.7 Å². The number of fused-ring (bicyclic) bond motifs is 1. The van der Waals surface area contributed by atoms with Gasteiger partial charge >= 0.3 is 13.7 Å². The van der Waals surface area contributed by atoms with E-state index in [1.54, 1.807) is 65.9 Å². The minimum absolute atomic E-state index is 0.229. The lowest BCUT2D eigenvalue weighted by Gasteiger charge is -2.25. The predicted molar refractivity (Wildman–Crippen MR) is 158 cm³/mol. The summed E-state index contributed by atoms with van der Waals surface area (Å²) < 4.78 is 38.6. The van der Waals surface area contributed by atoms with E-state index in [-0.39, 0.29) is 24.3 Å². The number of para-hydroxylation sites is 1. The fourth-order valence-electron chi connectivity index (χ4n) is 3.96. The summed E-state index contributed by atoms with van der Waals surface area (Å²) in [6, 6.07) is 7.43. The average Bonchev–Trinajstić information content (AvgIpc) is 3.49. The molecule has 4 N–H and O–H groups in total. The third-order valence-corrected chi connectivity index (χ3v) is 10.5. The summed E-state index contributed by atoms with van der Waals surface area (Å²) in [5, 5.41) is 13.5. The number of aliphatic hydroxyl groups excluding tert-OH is 1. The molecule has 3 unspecified atom stereocenters. The number of carbonyl (C=O) groups excluding carboxylic acids is 1. The maximum Gasteiger partial charge on any atom is 0.459 e. The fraction of sp³-hybridized carbons (Fsp3) is 0.520. The van der Waals surface area contributed by atoms with Crippen molar-refractivity contribution in [3.63, 3.8) is 0 Å². The van der Waals surface area contributed by atoms with Gasteiger partial charge in [-0.2, -0.15) is 5.09 Å². The van der Waals surface area contributed by atoms with Gasteiger partial charge in [0.05, 0.1) is 30.4 Å². The Labute approximate surface area is 246 Å². The predicted octanol–water partition coefficient (Wildman–Crippen LogP) is 3.96. The standard InChI is InChI=1S/C25H35N6O7PS2/c1-5-11-40-41-21-20(32)18(37-24(21)31-14-29-19-22(26)27-13-28-23(19)31)12-35-39(34,38-17-9-7-6-8-10-17)30-16(4)25(33)36-15(2)3/h6-10,13-16,18,20-21,24,32H,5,11-12H2,1-4H3,(H,30,34)(H2,26,27,28)/t16-,18+,20?,21?,24+,39?/m0/s1. The molecule has 0 amide bonds. The Balaban J connectivity index is 1.55. The first-order valence-corrected chi connectivity index (χ1v) is 17.1. The van der Waals surface area contributed by atoms with Crippen molar-refractivity contribution in [2.45, 2.75) is 69.9 Å². The van der Waals surface area contributed by atoms with E-state index in [2.05, 4.69) is 27.0 Å². The van der Waals surface area contributed by atoms with Crippen LogP contribution < -0.4 is 15.3 Å². The molecule has 0 saturated carbocycles. The molecule has 3 aromatic rings. The molecular weight excluding hydrogens is 591 g/mol. The number of aromatic nitrogens is 4. The number of anilines is 1. The van der Waals surface area contributed by atoms with Gasteiger partial charge in [0.25, 0.3) is 0 Å². The number of nitrogen functional groups attached to an aromatic ring is 1. The lowest BCUT2D eigenvalue weighted by atomic mass is 10.2. The summed E-state index contributed by atoms with van der Waals surface area (Å²) in [6.07, 6.45) is 0.879. The minimum atomic E-state index is -4.16. The van der Waals surface area contributed by atoms with Crippen LogP contribution in [0.5, 0.6) is 5.75 Å². The van der Waals surface area contributed by atoms with Crippen molar-refractivity contribution in [3.8, 4) is 5.75 Å². The SMILES string of the molecule is CCCSSC1C(O)[C@@H](COP(=O)(N[C@@H](C)C(=O)OC(C)C)Oc2ccccc2)O[C@H]1n1cnc2c(N)ncnc21. The van der Waals surface area contributed by atoms with Crippen LogP contribution in [0.25, 0.3) is 11.2 Å². The zero-order chi connectivity index (χ0) is 29.6. The second kappa shape index (κ2) is 14.2. The smallest absolute Gasteiger partial charge is 0.459 e. The van der Waals surface area contributed by atoms with Crippen LogP contribution in [0.4, 0.5) is 5.82 Å². The number of esters is 1. The van der Waals surface area contributed by atoms with Crippen molar-refractivity contribution in [1.29, 1.82) is 0 Å². The monoisotopic (exact) mass is 626 g/mol. The van der Waals surface area contributed by atoms with E-state index in [4.69, 9.17) is 24.3 Å². The Morgan fingerprint density at radius 3 is 2.71 bits per heavy atom. The molecule has 1 aromatic carbocycles. The third-order valence-electron chi connectivity index (χ3n) is 5.88. The number of nitrogens with two attached hydrogens (primary N) is 1. The van der Waals surface area contributed by atoms with Crippen LogP contribution in [0.3, 0.4) is 0 Å².